The number of rotatable bonds is 4. The van der Waals surface area contributed by atoms with Crippen LogP contribution in [0.15, 0.2) is 64.5 Å². The summed E-state index contributed by atoms with van der Waals surface area (Å²) in [5.74, 6) is 0.331. The maximum atomic E-state index is 12.1. The molecular formula is C16H16N2O3S. The number of aliphatic imine (C=N–C) groups is 1. The molecule has 22 heavy (non-hydrogen) atoms. The van der Waals surface area contributed by atoms with Crippen molar-refractivity contribution in [2.75, 3.05) is 6.61 Å². The molecule has 2 aromatic rings. The number of hydrogen-bond acceptors (Lipinski definition) is 4. The molecule has 0 amide bonds. The Morgan fingerprint density at radius 2 is 1.73 bits per heavy atom. The molecule has 0 saturated carbocycles. The molecule has 2 aromatic carbocycles. The summed E-state index contributed by atoms with van der Waals surface area (Å²) in [5, 5.41) is 9.26. The zero-order chi connectivity index (χ0) is 15.6. The second-order valence-electron chi connectivity index (χ2n) is 5.02. The van der Waals surface area contributed by atoms with E-state index in [0.717, 1.165) is 5.56 Å². The van der Waals surface area contributed by atoms with Crippen LogP contribution >= 0.6 is 0 Å². The lowest BCUT2D eigenvalue weighted by Crippen LogP contribution is -2.23. The van der Waals surface area contributed by atoms with Gasteiger partial charge in [-0.3, -0.25) is 9.71 Å². The van der Waals surface area contributed by atoms with Gasteiger partial charge in [0.25, 0.3) is 10.0 Å². The average Bonchev–Trinajstić information content (AvgIpc) is 2.79. The van der Waals surface area contributed by atoms with Gasteiger partial charge < -0.3 is 5.11 Å². The molecule has 114 valence electrons. The van der Waals surface area contributed by atoms with Crippen LogP contribution in [0.4, 0.5) is 0 Å². The molecule has 0 unspecified atom stereocenters. The Morgan fingerprint density at radius 1 is 1.05 bits per heavy atom. The molecule has 0 spiro atoms. The third kappa shape index (κ3) is 2.75. The first-order valence-electron chi connectivity index (χ1n) is 6.97. The van der Waals surface area contributed by atoms with E-state index in [1.807, 2.05) is 30.3 Å². The maximum absolute atomic E-state index is 12.1. The molecule has 2 N–H and O–H groups in total. The summed E-state index contributed by atoms with van der Waals surface area (Å²) < 4.78 is 26.7. The molecule has 5 nitrogen and oxygen atoms in total. The first-order chi connectivity index (χ1) is 10.6. The predicted molar refractivity (Wildman–Crippen MR) is 84.2 cm³/mol. The molecule has 0 aliphatic carbocycles. The standard InChI is InChI=1S/C16H16N2O3S/c19-11-10-14(12-6-2-1-3-7-12)17-16-13-8-4-5-9-15(13)22(20,21)18-16/h1-9,14,19H,10-11H2,(H,17,18)/t14-/m1/s1. The molecule has 0 aromatic heterocycles. The van der Waals surface area contributed by atoms with Gasteiger partial charge in [-0.2, -0.15) is 0 Å². The summed E-state index contributed by atoms with van der Waals surface area (Å²) >= 11 is 0. The van der Waals surface area contributed by atoms with E-state index >= 15 is 0 Å². The van der Waals surface area contributed by atoms with Crippen LogP contribution in [0, 0.1) is 0 Å². The largest absolute Gasteiger partial charge is 0.396 e. The van der Waals surface area contributed by atoms with Crippen LogP contribution in [-0.2, 0) is 10.0 Å². The lowest BCUT2D eigenvalue weighted by atomic mass is 10.0. The fourth-order valence-electron chi connectivity index (χ4n) is 2.49. The van der Waals surface area contributed by atoms with Crippen LogP contribution in [0.5, 0.6) is 0 Å². The van der Waals surface area contributed by atoms with Crippen LogP contribution in [0.3, 0.4) is 0 Å². The summed E-state index contributed by atoms with van der Waals surface area (Å²) in [6.45, 7) is -0.0231. The van der Waals surface area contributed by atoms with Gasteiger partial charge in [0.05, 0.1) is 10.9 Å². The van der Waals surface area contributed by atoms with Crippen molar-refractivity contribution in [2.45, 2.75) is 17.4 Å². The van der Waals surface area contributed by atoms with Gasteiger partial charge >= 0.3 is 0 Å². The van der Waals surface area contributed by atoms with Crippen molar-refractivity contribution in [3.05, 3.63) is 65.7 Å². The topological polar surface area (TPSA) is 78.8 Å². The minimum absolute atomic E-state index is 0.0231. The smallest absolute Gasteiger partial charge is 0.263 e. The number of sulfonamides is 1. The molecule has 1 aliphatic rings. The second-order valence-corrected chi connectivity index (χ2v) is 6.67. The Balaban J connectivity index is 2.04. The van der Waals surface area contributed by atoms with E-state index in [0.29, 0.717) is 17.8 Å². The summed E-state index contributed by atoms with van der Waals surface area (Å²) in [6, 6.07) is 16.0. The highest BCUT2D eigenvalue weighted by atomic mass is 32.2. The molecule has 3 rings (SSSR count). The number of amidine groups is 1. The summed E-state index contributed by atoms with van der Waals surface area (Å²) in [6.07, 6.45) is 0.428. The molecule has 1 atom stereocenters. The van der Waals surface area contributed by atoms with E-state index < -0.39 is 10.0 Å². The fraction of sp³-hybridized carbons (Fsp3) is 0.188. The fourth-order valence-corrected chi connectivity index (χ4v) is 3.73. The lowest BCUT2D eigenvalue weighted by molar-refractivity contribution is 0.277. The third-order valence-electron chi connectivity index (χ3n) is 3.53. The number of benzene rings is 2. The molecule has 0 radical (unpaired) electrons. The highest BCUT2D eigenvalue weighted by Crippen LogP contribution is 2.26. The van der Waals surface area contributed by atoms with E-state index in [1.165, 1.54) is 0 Å². The SMILES string of the molecule is O=S1(=O)NC(=N[C@H](CCO)c2ccccc2)c2ccccc21. The third-order valence-corrected chi connectivity index (χ3v) is 4.93. The van der Waals surface area contributed by atoms with Gasteiger partial charge in [0, 0.05) is 12.2 Å². The quantitative estimate of drug-likeness (QED) is 0.903. The van der Waals surface area contributed by atoms with Crippen molar-refractivity contribution >= 4 is 15.9 Å². The Morgan fingerprint density at radius 3 is 2.45 bits per heavy atom. The number of aliphatic hydroxyl groups excluding tert-OH is 1. The van der Waals surface area contributed by atoms with E-state index in [-0.39, 0.29) is 17.5 Å². The normalized spacial score (nSPS) is 18.7. The van der Waals surface area contributed by atoms with E-state index in [1.54, 1.807) is 24.3 Å². The van der Waals surface area contributed by atoms with E-state index in [9.17, 15) is 13.5 Å². The minimum Gasteiger partial charge on any atom is -0.396 e. The van der Waals surface area contributed by atoms with Crippen LogP contribution in [0.2, 0.25) is 0 Å². The Labute approximate surface area is 129 Å². The predicted octanol–water partition coefficient (Wildman–Crippen LogP) is 1.85. The monoisotopic (exact) mass is 316 g/mol. The first-order valence-corrected chi connectivity index (χ1v) is 8.46. The van der Waals surface area contributed by atoms with Gasteiger partial charge in [0.1, 0.15) is 5.84 Å². The minimum atomic E-state index is -3.54. The second kappa shape index (κ2) is 5.90. The van der Waals surface area contributed by atoms with E-state index in [4.69, 9.17) is 0 Å². The van der Waals surface area contributed by atoms with Crippen LogP contribution in [0.1, 0.15) is 23.6 Å². The van der Waals surface area contributed by atoms with Gasteiger partial charge in [0.2, 0.25) is 0 Å². The van der Waals surface area contributed by atoms with Crippen molar-refractivity contribution in [1.82, 2.24) is 4.72 Å². The van der Waals surface area contributed by atoms with Crippen LogP contribution < -0.4 is 4.72 Å². The van der Waals surface area contributed by atoms with Gasteiger partial charge in [0.15, 0.2) is 0 Å². The summed E-state index contributed by atoms with van der Waals surface area (Å²) in [7, 11) is -3.54. The zero-order valence-electron chi connectivity index (χ0n) is 11.8. The Hall–Kier alpha value is -2.18. The van der Waals surface area contributed by atoms with Crippen molar-refractivity contribution in [3.63, 3.8) is 0 Å². The van der Waals surface area contributed by atoms with Crippen LogP contribution in [-0.4, -0.2) is 26.0 Å². The molecule has 0 bridgehead atoms. The number of fused-ring (bicyclic) bond motifs is 1. The molecule has 1 heterocycles. The average molecular weight is 316 g/mol. The number of nitrogens with one attached hydrogen (secondary N) is 1. The highest BCUT2D eigenvalue weighted by Gasteiger charge is 2.30. The van der Waals surface area contributed by atoms with Gasteiger partial charge in [-0.15, -0.1) is 0 Å². The number of aliphatic hydroxyl groups is 1. The first kappa shape index (κ1) is 14.7. The lowest BCUT2D eigenvalue weighted by Gasteiger charge is -2.12. The molecule has 1 aliphatic heterocycles. The Bertz CT molecular complexity index is 801. The molecule has 6 heteroatoms. The molecule has 0 fully saturated rings. The molecule has 0 saturated heterocycles. The summed E-state index contributed by atoms with van der Waals surface area (Å²) in [5.41, 5.74) is 1.51. The van der Waals surface area contributed by atoms with Crippen molar-refractivity contribution in [2.24, 2.45) is 4.99 Å². The number of hydrogen-bond donors (Lipinski definition) is 2. The van der Waals surface area contributed by atoms with E-state index in [2.05, 4.69) is 9.71 Å². The van der Waals surface area contributed by atoms with Crippen molar-refractivity contribution in [3.8, 4) is 0 Å². The van der Waals surface area contributed by atoms with Gasteiger partial charge in [-0.1, -0.05) is 42.5 Å². The summed E-state index contributed by atoms with van der Waals surface area (Å²) in [4.78, 5) is 4.78. The van der Waals surface area contributed by atoms with Crippen molar-refractivity contribution in [1.29, 1.82) is 0 Å². The molecular weight excluding hydrogens is 300 g/mol. The van der Waals surface area contributed by atoms with Crippen LogP contribution in [0.25, 0.3) is 0 Å². The zero-order valence-corrected chi connectivity index (χ0v) is 12.6. The van der Waals surface area contributed by atoms with Gasteiger partial charge in [-0.25, -0.2) is 8.42 Å². The number of nitrogens with zero attached hydrogens (tertiary/aromatic N) is 1. The van der Waals surface area contributed by atoms with Crippen molar-refractivity contribution < 1.29 is 13.5 Å². The maximum Gasteiger partial charge on any atom is 0.263 e. The van der Waals surface area contributed by atoms with Gasteiger partial charge in [-0.05, 0) is 24.1 Å². The highest BCUT2D eigenvalue weighted by molar-refractivity contribution is 7.90. The Kier molecular flexibility index (Phi) is 3.96.